The highest BCUT2D eigenvalue weighted by atomic mass is 35.5. The number of rotatable bonds is 5. The fourth-order valence-electron chi connectivity index (χ4n) is 2.73. The monoisotopic (exact) mass is 260 g/mol. The lowest BCUT2D eigenvalue weighted by atomic mass is 9.96. The van der Waals surface area contributed by atoms with Gasteiger partial charge in [0.05, 0.1) is 0 Å². The second kappa shape index (κ2) is 6.60. The average molecular weight is 261 g/mol. The molecule has 17 heavy (non-hydrogen) atoms. The van der Waals surface area contributed by atoms with Gasteiger partial charge in [0.1, 0.15) is 0 Å². The first-order valence-corrected chi connectivity index (χ1v) is 6.74. The van der Waals surface area contributed by atoms with Gasteiger partial charge in [-0.1, -0.05) is 13.3 Å². The maximum atomic E-state index is 11.9. The second-order valence-corrected chi connectivity index (χ2v) is 5.49. The first-order chi connectivity index (χ1) is 7.76. The quantitative estimate of drug-likeness (QED) is 0.795. The molecule has 2 rings (SSSR count). The molecule has 2 N–H and O–H groups in total. The average Bonchev–Trinajstić information content (AvgIpc) is 3.08. The Morgan fingerprint density at radius 2 is 2.00 bits per heavy atom. The first kappa shape index (κ1) is 14.8. The van der Waals surface area contributed by atoms with E-state index in [0.717, 1.165) is 32.5 Å². The number of carbonyl (C=O) groups excluding carboxylic acids is 1. The fraction of sp³-hybridized carbons (Fsp3) is 0.923. The van der Waals surface area contributed by atoms with Gasteiger partial charge in [0.15, 0.2) is 0 Å². The van der Waals surface area contributed by atoms with Crippen LogP contribution in [0.2, 0.25) is 0 Å². The lowest BCUT2D eigenvalue weighted by Gasteiger charge is -2.23. The Kier molecular flexibility index (Phi) is 5.74. The molecule has 0 aromatic rings. The molecule has 0 unspecified atom stereocenters. The topological polar surface area (TPSA) is 41.1 Å². The van der Waals surface area contributed by atoms with Crippen LogP contribution in [-0.2, 0) is 4.79 Å². The molecule has 1 heterocycles. The van der Waals surface area contributed by atoms with Gasteiger partial charge in [-0.05, 0) is 50.6 Å². The summed E-state index contributed by atoms with van der Waals surface area (Å²) in [7, 11) is 0. The summed E-state index contributed by atoms with van der Waals surface area (Å²) in [4.78, 5) is 11.9. The van der Waals surface area contributed by atoms with E-state index in [1.807, 2.05) is 0 Å². The highest BCUT2D eigenvalue weighted by Gasteiger charge is 2.41. The van der Waals surface area contributed by atoms with E-state index < -0.39 is 0 Å². The lowest BCUT2D eigenvalue weighted by molar-refractivity contribution is -0.126. The molecular formula is C13H25ClN2O. The van der Waals surface area contributed by atoms with E-state index in [-0.39, 0.29) is 18.3 Å². The Morgan fingerprint density at radius 1 is 1.35 bits per heavy atom. The normalized spacial score (nSPS) is 22.6. The summed E-state index contributed by atoms with van der Waals surface area (Å²) in [5.74, 6) is 0.558. The van der Waals surface area contributed by atoms with Crippen molar-refractivity contribution < 1.29 is 4.79 Å². The van der Waals surface area contributed by atoms with E-state index in [9.17, 15) is 4.79 Å². The van der Waals surface area contributed by atoms with Crippen molar-refractivity contribution in [3.8, 4) is 0 Å². The van der Waals surface area contributed by atoms with Crippen molar-refractivity contribution >= 4 is 18.3 Å². The molecule has 4 heteroatoms. The van der Waals surface area contributed by atoms with Crippen molar-refractivity contribution in [1.29, 1.82) is 0 Å². The molecule has 2 aliphatic rings. The maximum absolute atomic E-state index is 11.9. The van der Waals surface area contributed by atoms with Crippen molar-refractivity contribution in [3.05, 3.63) is 0 Å². The van der Waals surface area contributed by atoms with Crippen LogP contribution in [0.3, 0.4) is 0 Å². The number of nitrogens with one attached hydrogen (secondary N) is 2. The van der Waals surface area contributed by atoms with Gasteiger partial charge in [0, 0.05) is 12.5 Å². The smallest absolute Gasteiger partial charge is 0.223 e. The molecule has 1 aliphatic heterocycles. The second-order valence-electron chi connectivity index (χ2n) is 5.49. The summed E-state index contributed by atoms with van der Waals surface area (Å²) < 4.78 is 0. The first-order valence-electron chi connectivity index (χ1n) is 6.74. The Labute approximate surface area is 111 Å². The van der Waals surface area contributed by atoms with E-state index in [1.165, 1.54) is 25.7 Å². The summed E-state index contributed by atoms with van der Waals surface area (Å²) in [6.07, 6.45) is 7.16. The van der Waals surface area contributed by atoms with Gasteiger partial charge in [-0.3, -0.25) is 4.79 Å². The summed E-state index contributed by atoms with van der Waals surface area (Å²) in [6, 6.07) is 0. The summed E-state index contributed by atoms with van der Waals surface area (Å²) in [5, 5.41) is 6.47. The van der Waals surface area contributed by atoms with Crippen molar-refractivity contribution in [2.45, 2.75) is 45.4 Å². The molecule has 0 aromatic heterocycles. The number of hydrogen-bond donors (Lipinski definition) is 2. The molecule has 0 radical (unpaired) electrons. The minimum atomic E-state index is 0. The van der Waals surface area contributed by atoms with Crippen LogP contribution in [0.25, 0.3) is 0 Å². The number of amides is 1. The summed E-state index contributed by atoms with van der Waals surface area (Å²) >= 11 is 0. The van der Waals surface area contributed by atoms with Crippen LogP contribution in [0, 0.1) is 11.3 Å². The zero-order valence-corrected chi connectivity index (χ0v) is 11.6. The number of halogens is 1. The Bertz CT molecular complexity index is 248. The van der Waals surface area contributed by atoms with Gasteiger partial charge < -0.3 is 10.6 Å². The van der Waals surface area contributed by atoms with Crippen LogP contribution in [0.5, 0.6) is 0 Å². The van der Waals surface area contributed by atoms with Gasteiger partial charge in [-0.15, -0.1) is 12.4 Å². The minimum Gasteiger partial charge on any atom is -0.355 e. The SMILES string of the molecule is CCCC1(CNC(=O)C2CCNCC2)CC1.Cl. The van der Waals surface area contributed by atoms with E-state index in [4.69, 9.17) is 0 Å². The lowest BCUT2D eigenvalue weighted by Crippen LogP contribution is -2.40. The molecule has 2 fully saturated rings. The van der Waals surface area contributed by atoms with Crippen molar-refractivity contribution in [2.75, 3.05) is 19.6 Å². The Hall–Kier alpha value is -0.280. The Balaban J connectivity index is 0.00000144. The maximum Gasteiger partial charge on any atom is 0.223 e. The minimum absolute atomic E-state index is 0. The molecule has 1 saturated carbocycles. The molecule has 0 spiro atoms. The third-order valence-electron chi connectivity index (χ3n) is 4.08. The van der Waals surface area contributed by atoms with Gasteiger partial charge in [-0.2, -0.15) is 0 Å². The van der Waals surface area contributed by atoms with E-state index in [1.54, 1.807) is 0 Å². The molecule has 1 amide bonds. The van der Waals surface area contributed by atoms with E-state index in [0.29, 0.717) is 11.3 Å². The highest BCUT2D eigenvalue weighted by Crippen LogP contribution is 2.48. The number of piperidine rings is 1. The molecule has 1 aliphatic carbocycles. The van der Waals surface area contributed by atoms with E-state index in [2.05, 4.69) is 17.6 Å². The van der Waals surface area contributed by atoms with Gasteiger partial charge in [0.2, 0.25) is 5.91 Å². The third kappa shape index (κ3) is 4.14. The zero-order valence-electron chi connectivity index (χ0n) is 10.8. The number of hydrogen-bond acceptors (Lipinski definition) is 2. The largest absolute Gasteiger partial charge is 0.355 e. The van der Waals surface area contributed by atoms with Gasteiger partial charge in [0.25, 0.3) is 0 Å². The molecule has 0 aromatic carbocycles. The summed E-state index contributed by atoms with van der Waals surface area (Å²) in [5.41, 5.74) is 0.483. The molecular weight excluding hydrogens is 236 g/mol. The van der Waals surface area contributed by atoms with Crippen LogP contribution in [0.15, 0.2) is 0 Å². The van der Waals surface area contributed by atoms with Crippen LogP contribution in [0.4, 0.5) is 0 Å². The van der Waals surface area contributed by atoms with E-state index >= 15 is 0 Å². The molecule has 100 valence electrons. The third-order valence-corrected chi connectivity index (χ3v) is 4.08. The van der Waals surface area contributed by atoms with Crippen LogP contribution >= 0.6 is 12.4 Å². The van der Waals surface area contributed by atoms with Gasteiger partial charge in [-0.25, -0.2) is 0 Å². The Morgan fingerprint density at radius 3 is 2.53 bits per heavy atom. The van der Waals surface area contributed by atoms with Crippen molar-refractivity contribution in [1.82, 2.24) is 10.6 Å². The van der Waals surface area contributed by atoms with Crippen LogP contribution in [-0.4, -0.2) is 25.5 Å². The predicted molar refractivity (Wildman–Crippen MR) is 72.4 cm³/mol. The summed E-state index contributed by atoms with van der Waals surface area (Å²) in [6.45, 7) is 5.15. The standard InChI is InChI=1S/C13H24N2O.ClH/c1-2-5-13(6-7-13)10-15-12(16)11-3-8-14-9-4-11;/h11,14H,2-10H2,1H3,(H,15,16);1H. The fourth-order valence-corrected chi connectivity index (χ4v) is 2.73. The van der Waals surface area contributed by atoms with Gasteiger partial charge >= 0.3 is 0 Å². The van der Waals surface area contributed by atoms with Crippen molar-refractivity contribution in [2.24, 2.45) is 11.3 Å². The van der Waals surface area contributed by atoms with Crippen LogP contribution < -0.4 is 10.6 Å². The number of carbonyl (C=O) groups is 1. The molecule has 3 nitrogen and oxygen atoms in total. The molecule has 0 bridgehead atoms. The zero-order chi connectivity index (χ0) is 11.4. The van der Waals surface area contributed by atoms with Crippen molar-refractivity contribution in [3.63, 3.8) is 0 Å². The van der Waals surface area contributed by atoms with Crippen LogP contribution in [0.1, 0.15) is 45.4 Å². The highest BCUT2D eigenvalue weighted by molar-refractivity contribution is 5.85. The predicted octanol–water partition coefficient (Wildman–Crippen LogP) is 2.10. The molecule has 0 atom stereocenters. The molecule has 1 saturated heterocycles.